The summed E-state index contributed by atoms with van der Waals surface area (Å²) < 4.78 is 19.0. The van der Waals surface area contributed by atoms with Gasteiger partial charge in [-0.2, -0.15) is 0 Å². The summed E-state index contributed by atoms with van der Waals surface area (Å²) in [7, 11) is 0. The number of carbonyl (C=O) groups excluding carboxylic acids is 1. The van der Waals surface area contributed by atoms with Gasteiger partial charge in [-0.3, -0.25) is 4.79 Å². The summed E-state index contributed by atoms with van der Waals surface area (Å²) >= 11 is 1.58. The Morgan fingerprint density at radius 1 is 1.44 bits per heavy atom. The molecule has 0 N–H and O–H groups in total. The van der Waals surface area contributed by atoms with Gasteiger partial charge in [0.15, 0.2) is 5.78 Å². The van der Waals surface area contributed by atoms with Gasteiger partial charge in [-0.25, -0.2) is 4.39 Å². The topological polar surface area (TPSA) is 26.3 Å². The van der Waals surface area contributed by atoms with Crippen LogP contribution in [0.15, 0.2) is 29.6 Å². The molecule has 18 heavy (non-hydrogen) atoms. The van der Waals surface area contributed by atoms with Crippen LogP contribution >= 0.6 is 11.3 Å². The van der Waals surface area contributed by atoms with Crippen molar-refractivity contribution in [3.05, 3.63) is 51.5 Å². The number of hydrogen-bond donors (Lipinski definition) is 0. The lowest BCUT2D eigenvalue weighted by Crippen LogP contribution is -2.02. The largest absolute Gasteiger partial charge is 0.487 e. The van der Waals surface area contributed by atoms with E-state index in [1.54, 1.807) is 24.3 Å². The van der Waals surface area contributed by atoms with Crippen LogP contribution in [0.1, 0.15) is 27.7 Å². The van der Waals surface area contributed by atoms with E-state index in [4.69, 9.17) is 4.74 Å². The van der Waals surface area contributed by atoms with Crippen molar-refractivity contribution in [3.8, 4) is 5.75 Å². The molecule has 0 amide bonds. The van der Waals surface area contributed by atoms with Crippen LogP contribution in [0.2, 0.25) is 0 Å². The van der Waals surface area contributed by atoms with Gasteiger partial charge in [-0.15, -0.1) is 11.3 Å². The fraction of sp³-hybridized carbons (Fsp3) is 0.214. The van der Waals surface area contributed by atoms with Crippen LogP contribution in [0.5, 0.6) is 5.75 Å². The van der Waals surface area contributed by atoms with Gasteiger partial charge in [0.2, 0.25) is 0 Å². The summed E-state index contributed by atoms with van der Waals surface area (Å²) in [5, 5.41) is 1.96. The quantitative estimate of drug-likeness (QED) is 0.781. The van der Waals surface area contributed by atoms with E-state index in [1.807, 2.05) is 17.5 Å². The number of carbonyl (C=O) groups is 1. The highest BCUT2D eigenvalue weighted by Crippen LogP contribution is 2.25. The second kappa shape index (κ2) is 5.31. The minimum atomic E-state index is -0.385. The maximum Gasteiger partial charge on any atom is 0.163 e. The molecular formula is C14H13FO2S. The van der Waals surface area contributed by atoms with E-state index in [2.05, 4.69) is 0 Å². The van der Waals surface area contributed by atoms with Crippen molar-refractivity contribution in [2.45, 2.75) is 20.5 Å². The molecule has 1 aromatic carbocycles. The van der Waals surface area contributed by atoms with Crippen molar-refractivity contribution in [3.63, 3.8) is 0 Å². The van der Waals surface area contributed by atoms with Crippen molar-refractivity contribution in [2.75, 3.05) is 0 Å². The minimum absolute atomic E-state index is 0.199. The van der Waals surface area contributed by atoms with Crippen molar-refractivity contribution in [2.24, 2.45) is 0 Å². The minimum Gasteiger partial charge on any atom is -0.487 e. The van der Waals surface area contributed by atoms with E-state index in [0.717, 1.165) is 4.88 Å². The molecule has 2 aromatic rings. The molecule has 0 aliphatic carbocycles. The Labute approximate surface area is 109 Å². The Morgan fingerprint density at radius 2 is 2.22 bits per heavy atom. The molecule has 2 rings (SSSR count). The smallest absolute Gasteiger partial charge is 0.163 e. The third kappa shape index (κ3) is 2.76. The highest BCUT2D eigenvalue weighted by atomic mass is 32.1. The molecular weight excluding hydrogens is 251 g/mol. The number of Topliss-reactive ketones (excluding diaryl/α,β-unsaturated/α-hetero) is 1. The standard InChI is InChI=1S/C14H13FO2S/c1-9-6-14(12(10(2)16)7-13(9)15)17-8-11-4-3-5-18-11/h3-7H,8H2,1-2H3. The third-order valence-electron chi connectivity index (χ3n) is 2.59. The Kier molecular flexibility index (Phi) is 3.77. The maximum atomic E-state index is 13.4. The molecule has 0 radical (unpaired) electrons. The SMILES string of the molecule is CC(=O)c1cc(F)c(C)cc1OCc1cccs1. The van der Waals surface area contributed by atoms with Crippen LogP contribution in [-0.4, -0.2) is 5.78 Å². The lowest BCUT2D eigenvalue weighted by Gasteiger charge is -2.10. The van der Waals surface area contributed by atoms with Crippen molar-refractivity contribution < 1.29 is 13.9 Å². The van der Waals surface area contributed by atoms with Crippen LogP contribution in [0.3, 0.4) is 0 Å². The number of hydrogen-bond acceptors (Lipinski definition) is 3. The van der Waals surface area contributed by atoms with E-state index in [9.17, 15) is 9.18 Å². The highest BCUT2D eigenvalue weighted by molar-refractivity contribution is 7.09. The first kappa shape index (κ1) is 12.8. The summed E-state index contributed by atoms with van der Waals surface area (Å²) in [5.74, 6) is -0.145. The van der Waals surface area contributed by atoms with Gasteiger partial charge in [-0.05, 0) is 43.0 Å². The van der Waals surface area contributed by atoms with E-state index in [0.29, 0.717) is 17.9 Å². The summed E-state index contributed by atoms with van der Waals surface area (Å²) in [6.45, 7) is 3.45. The lowest BCUT2D eigenvalue weighted by molar-refractivity contribution is 0.101. The lowest BCUT2D eigenvalue weighted by atomic mass is 10.1. The van der Waals surface area contributed by atoms with Crippen LogP contribution in [0.4, 0.5) is 4.39 Å². The maximum absolute atomic E-state index is 13.4. The predicted molar refractivity (Wildman–Crippen MR) is 69.8 cm³/mol. The van der Waals surface area contributed by atoms with Crippen LogP contribution < -0.4 is 4.74 Å². The van der Waals surface area contributed by atoms with Crippen LogP contribution in [0, 0.1) is 12.7 Å². The second-order valence-corrected chi connectivity index (χ2v) is 5.05. The summed E-state index contributed by atoms with van der Waals surface area (Å²) in [6.07, 6.45) is 0. The number of benzene rings is 1. The molecule has 94 valence electrons. The Bertz CT molecular complexity index is 561. The van der Waals surface area contributed by atoms with E-state index < -0.39 is 0 Å². The molecule has 0 saturated carbocycles. The predicted octanol–water partition coefficient (Wildman–Crippen LogP) is 3.98. The zero-order valence-corrected chi connectivity index (χ0v) is 11.0. The van der Waals surface area contributed by atoms with Gasteiger partial charge in [0.05, 0.1) is 5.56 Å². The van der Waals surface area contributed by atoms with Gasteiger partial charge in [0.25, 0.3) is 0 Å². The zero-order valence-electron chi connectivity index (χ0n) is 10.2. The fourth-order valence-electron chi connectivity index (χ4n) is 1.59. The molecule has 0 aliphatic rings. The molecule has 0 bridgehead atoms. The van der Waals surface area contributed by atoms with E-state index in [-0.39, 0.29) is 17.2 Å². The van der Waals surface area contributed by atoms with E-state index >= 15 is 0 Å². The summed E-state index contributed by atoms with van der Waals surface area (Å²) in [4.78, 5) is 12.5. The molecule has 0 atom stereocenters. The molecule has 0 spiro atoms. The van der Waals surface area contributed by atoms with Gasteiger partial charge >= 0.3 is 0 Å². The van der Waals surface area contributed by atoms with Crippen molar-refractivity contribution in [1.82, 2.24) is 0 Å². The average Bonchev–Trinajstić information content (AvgIpc) is 2.83. The Hall–Kier alpha value is -1.68. The number of halogens is 1. The monoisotopic (exact) mass is 264 g/mol. The molecule has 4 heteroatoms. The van der Waals surface area contributed by atoms with Gasteiger partial charge in [0.1, 0.15) is 18.2 Å². The molecule has 0 fully saturated rings. The van der Waals surface area contributed by atoms with Crippen molar-refractivity contribution >= 4 is 17.1 Å². The normalized spacial score (nSPS) is 10.4. The van der Waals surface area contributed by atoms with Crippen LogP contribution in [-0.2, 0) is 6.61 Å². The van der Waals surface area contributed by atoms with Gasteiger partial charge < -0.3 is 4.74 Å². The van der Waals surface area contributed by atoms with Crippen LogP contribution in [0.25, 0.3) is 0 Å². The first-order valence-corrected chi connectivity index (χ1v) is 6.42. The van der Waals surface area contributed by atoms with E-state index in [1.165, 1.54) is 13.0 Å². The first-order chi connectivity index (χ1) is 8.58. The summed E-state index contributed by atoms with van der Waals surface area (Å²) in [5.41, 5.74) is 0.760. The number of ketones is 1. The molecule has 0 saturated heterocycles. The molecule has 1 heterocycles. The average molecular weight is 264 g/mol. The molecule has 0 unspecified atom stereocenters. The summed E-state index contributed by atoms with van der Waals surface area (Å²) in [6, 6.07) is 6.70. The molecule has 2 nitrogen and oxygen atoms in total. The van der Waals surface area contributed by atoms with Gasteiger partial charge in [0, 0.05) is 4.88 Å². The zero-order chi connectivity index (χ0) is 13.1. The number of thiophene rings is 1. The fourth-order valence-corrected chi connectivity index (χ4v) is 2.21. The third-order valence-corrected chi connectivity index (χ3v) is 3.44. The molecule has 1 aromatic heterocycles. The highest BCUT2D eigenvalue weighted by Gasteiger charge is 2.12. The Morgan fingerprint density at radius 3 is 2.83 bits per heavy atom. The molecule has 0 aliphatic heterocycles. The number of ether oxygens (including phenoxy) is 1. The number of rotatable bonds is 4. The number of aryl methyl sites for hydroxylation is 1. The second-order valence-electron chi connectivity index (χ2n) is 4.02. The Balaban J connectivity index is 2.25. The first-order valence-electron chi connectivity index (χ1n) is 5.54. The van der Waals surface area contributed by atoms with Crippen molar-refractivity contribution in [1.29, 1.82) is 0 Å². The van der Waals surface area contributed by atoms with Gasteiger partial charge in [-0.1, -0.05) is 6.07 Å².